The lowest BCUT2D eigenvalue weighted by Gasteiger charge is -2.25. The Hall–Kier alpha value is -3.90. The molecule has 0 atom stereocenters. The highest BCUT2D eigenvalue weighted by atomic mass is 32.2. The molecule has 170 valence electrons. The third kappa shape index (κ3) is 4.52. The van der Waals surface area contributed by atoms with E-state index in [1.807, 2.05) is 0 Å². The smallest absolute Gasteiger partial charge is 0.248 e. The molecule has 1 aliphatic carbocycles. The maximum atomic E-state index is 13.5. The number of rotatable bonds is 7. The molecule has 0 spiro atoms. The molecule has 0 aliphatic heterocycles. The zero-order valence-electron chi connectivity index (χ0n) is 17.1. The Morgan fingerprint density at radius 1 is 1.03 bits per heavy atom. The molecule has 0 saturated heterocycles. The van der Waals surface area contributed by atoms with Gasteiger partial charge in [0.25, 0.3) is 0 Å². The number of nitrogens with two attached hydrogens (primary N) is 2. The van der Waals surface area contributed by atoms with E-state index in [2.05, 4.69) is 15.3 Å². The number of nitrogens with one attached hydrogen (secondary N) is 1. The molecule has 3 aromatic rings. The van der Waals surface area contributed by atoms with E-state index in [9.17, 15) is 22.4 Å². The summed E-state index contributed by atoms with van der Waals surface area (Å²) in [5.74, 6) is -1.56. The molecule has 2 amide bonds. The molecule has 0 unspecified atom stereocenters. The summed E-state index contributed by atoms with van der Waals surface area (Å²) in [5, 5.41) is 8.01. The molecular formula is C21H19FN6O4S. The first-order chi connectivity index (χ1) is 15.6. The maximum Gasteiger partial charge on any atom is 0.248 e. The van der Waals surface area contributed by atoms with Gasteiger partial charge in [0.05, 0.1) is 10.6 Å². The minimum atomic E-state index is -3.84. The van der Waals surface area contributed by atoms with Crippen molar-refractivity contribution in [3.63, 3.8) is 0 Å². The first-order valence-corrected chi connectivity index (χ1v) is 11.3. The number of aromatic nitrogens is 2. The van der Waals surface area contributed by atoms with E-state index in [0.717, 1.165) is 0 Å². The average Bonchev–Trinajstić information content (AvgIpc) is 3.58. The summed E-state index contributed by atoms with van der Waals surface area (Å²) in [6, 6.07) is 12.2. The molecule has 0 bridgehead atoms. The molecule has 2 aromatic carbocycles. The van der Waals surface area contributed by atoms with E-state index in [1.54, 1.807) is 0 Å². The van der Waals surface area contributed by atoms with Crippen LogP contribution in [0.2, 0.25) is 0 Å². The predicted molar refractivity (Wildman–Crippen MR) is 118 cm³/mol. The normalized spacial score (nSPS) is 14.4. The Balaban J connectivity index is 1.68. The number of anilines is 4. The number of hydrogen-bond acceptors (Lipinski definition) is 7. The first-order valence-electron chi connectivity index (χ1n) is 9.73. The van der Waals surface area contributed by atoms with Crippen LogP contribution in [-0.4, -0.2) is 30.2 Å². The van der Waals surface area contributed by atoms with Crippen molar-refractivity contribution in [2.24, 2.45) is 16.3 Å². The highest BCUT2D eigenvalue weighted by Crippen LogP contribution is 2.48. The van der Waals surface area contributed by atoms with Gasteiger partial charge in [-0.2, -0.15) is 4.98 Å². The molecule has 4 rings (SSSR count). The van der Waals surface area contributed by atoms with Crippen molar-refractivity contribution in [1.82, 2.24) is 9.97 Å². The van der Waals surface area contributed by atoms with Crippen LogP contribution in [-0.2, 0) is 19.6 Å². The topological polar surface area (TPSA) is 161 Å². The van der Waals surface area contributed by atoms with Crippen molar-refractivity contribution in [3.05, 3.63) is 66.6 Å². The van der Waals surface area contributed by atoms with Crippen LogP contribution in [0.5, 0.6) is 0 Å². The van der Waals surface area contributed by atoms with E-state index in [0.29, 0.717) is 24.2 Å². The number of hydrogen-bond donors (Lipinski definition) is 3. The van der Waals surface area contributed by atoms with Crippen LogP contribution in [0.25, 0.3) is 0 Å². The average molecular weight is 470 g/mol. The fraction of sp³-hybridized carbons (Fsp3) is 0.143. The quantitative estimate of drug-likeness (QED) is 0.445. The van der Waals surface area contributed by atoms with Crippen LogP contribution in [0, 0.1) is 11.2 Å². The monoisotopic (exact) mass is 470 g/mol. The van der Waals surface area contributed by atoms with E-state index in [4.69, 9.17) is 10.9 Å². The molecule has 33 heavy (non-hydrogen) atoms. The van der Waals surface area contributed by atoms with Crippen LogP contribution >= 0.6 is 0 Å². The fourth-order valence-corrected chi connectivity index (χ4v) is 3.75. The van der Waals surface area contributed by atoms with Crippen LogP contribution in [0.1, 0.15) is 12.8 Å². The van der Waals surface area contributed by atoms with E-state index in [1.165, 1.54) is 65.7 Å². The summed E-state index contributed by atoms with van der Waals surface area (Å²) < 4.78 is 36.3. The van der Waals surface area contributed by atoms with Gasteiger partial charge in [-0.25, -0.2) is 22.9 Å². The molecule has 1 saturated carbocycles. The van der Waals surface area contributed by atoms with Gasteiger partial charge < -0.3 is 11.1 Å². The molecule has 1 aromatic heterocycles. The number of primary amides is 1. The lowest BCUT2D eigenvalue weighted by molar-refractivity contribution is -0.133. The molecule has 10 nitrogen and oxygen atoms in total. The lowest BCUT2D eigenvalue weighted by Crippen LogP contribution is -2.41. The molecule has 1 fully saturated rings. The van der Waals surface area contributed by atoms with Gasteiger partial charge in [-0.3, -0.25) is 14.5 Å². The number of amides is 2. The van der Waals surface area contributed by atoms with Crippen molar-refractivity contribution in [1.29, 1.82) is 0 Å². The summed E-state index contributed by atoms with van der Waals surface area (Å²) in [6.45, 7) is 0. The van der Waals surface area contributed by atoms with Crippen molar-refractivity contribution >= 4 is 45.0 Å². The van der Waals surface area contributed by atoms with E-state index in [-0.39, 0.29) is 16.7 Å². The molecule has 12 heteroatoms. The van der Waals surface area contributed by atoms with Gasteiger partial charge >= 0.3 is 0 Å². The zero-order valence-corrected chi connectivity index (χ0v) is 17.9. The maximum absolute atomic E-state index is 13.5. The Kier molecular flexibility index (Phi) is 5.56. The Morgan fingerprint density at radius 3 is 2.21 bits per heavy atom. The van der Waals surface area contributed by atoms with Crippen molar-refractivity contribution in [3.8, 4) is 0 Å². The molecule has 1 heterocycles. The number of benzene rings is 2. The van der Waals surface area contributed by atoms with Gasteiger partial charge in [0.1, 0.15) is 17.1 Å². The minimum Gasteiger partial charge on any atom is -0.369 e. The number of halogens is 1. The molecule has 1 aliphatic rings. The Labute approximate surface area is 188 Å². The molecule has 0 radical (unpaired) electrons. The lowest BCUT2D eigenvalue weighted by atomic mass is 10.0. The summed E-state index contributed by atoms with van der Waals surface area (Å²) in [7, 11) is -3.84. The number of carbonyl (C=O) groups is 2. The van der Waals surface area contributed by atoms with Gasteiger partial charge in [0, 0.05) is 18.0 Å². The van der Waals surface area contributed by atoms with Crippen LogP contribution in [0.15, 0.2) is 65.7 Å². The van der Waals surface area contributed by atoms with E-state index >= 15 is 0 Å². The van der Waals surface area contributed by atoms with Crippen molar-refractivity contribution in [2.75, 3.05) is 10.2 Å². The standard InChI is InChI=1S/C21H19FN6O4S/c22-13-1-5-15(6-2-13)28(19(30)21(10-11-21)18(23)29)17-9-12-25-20(27-17)26-14-3-7-16(8-4-14)33(24,31)32/h1-9,12H,10-11H2,(H2,23,29)(H2,24,31,32)(H,25,26,27). The third-order valence-corrected chi connectivity index (χ3v) is 6.16. The Morgan fingerprint density at radius 2 is 1.67 bits per heavy atom. The van der Waals surface area contributed by atoms with Crippen LogP contribution < -0.4 is 21.1 Å². The van der Waals surface area contributed by atoms with Crippen LogP contribution in [0.3, 0.4) is 0 Å². The second-order valence-corrected chi connectivity index (χ2v) is 9.06. The fourth-order valence-electron chi connectivity index (χ4n) is 3.24. The number of nitrogens with zero attached hydrogens (tertiary/aromatic N) is 3. The van der Waals surface area contributed by atoms with Crippen LogP contribution in [0.4, 0.5) is 27.5 Å². The third-order valence-electron chi connectivity index (χ3n) is 5.23. The Bertz CT molecular complexity index is 1330. The predicted octanol–water partition coefficient (Wildman–Crippen LogP) is 1.94. The van der Waals surface area contributed by atoms with E-state index < -0.39 is 33.1 Å². The van der Waals surface area contributed by atoms with Gasteiger partial charge in [-0.15, -0.1) is 0 Å². The molecular weight excluding hydrogens is 451 g/mol. The minimum absolute atomic E-state index is 0.0583. The highest BCUT2D eigenvalue weighted by molar-refractivity contribution is 7.89. The second-order valence-electron chi connectivity index (χ2n) is 7.50. The SMILES string of the molecule is NC(=O)C1(C(=O)N(c2ccc(F)cc2)c2ccnc(Nc3ccc(S(N)(=O)=O)cc3)n2)CC1. The number of sulfonamides is 1. The van der Waals surface area contributed by atoms with Gasteiger partial charge in [-0.05, 0) is 61.4 Å². The zero-order chi connectivity index (χ0) is 23.8. The summed E-state index contributed by atoms with van der Waals surface area (Å²) in [6.07, 6.45) is 2.02. The van der Waals surface area contributed by atoms with Gasteiger partial charge in [0.2, 0.25) is 27.8 Å². The molecule has 5 N–H and O–H groups in total. The van der Waals surface area contributed by atoms with Gasteiger partial charge in [-0.1, -0.05) is 0 Å². The van der Waals surface area contributed by atoms with Gasteiger partial charge in [0.15, 0.2) is 0 Å². The largest absolute Gasteiger partial charge is 0.369 e. The summed E-state index contributed by atoms with van der Waals surface area (Å²) in [5.41, 5.74) is 4.92. The summed E-state index contributed by atoms with van der Waals surface area (Å²) in [4.78, 5) is 34.9. The number of carbonyl (C=O) groups excluding carboxylic acids is 2. The van der Waals surface area contributed by atoms with Crippen molar-refractivity contribution < 1.29 is 22.4 Å². The van der Waals surface area contributed by atoms with Crippen molar-refractivity contribution in [2.45, 2.75) is 17.7 Å². The summed E-state index contributed by atoms with van der Waals surface area (Å²) >= 11 is 0. The second kappa shape index (κ2) is 8.22. The first kappa shape index (κ1) is 22.3. The highest BCUT2D eigenvalue weighted by Gasteiger charge is 2.57. The number of primary sulfonamides is 1.